The summed E-state index contributed by atoms with van der Waals surface area (Å²) in [4.78, 5) is 9.80. The minimum atomic E-state index is 0.460. The van der Waals surface area contributed by atoms with Crippen molar-refractivity contribution in [3.63, 3.8) is 0 Å². The van der Waals surface area contributed by atoms with Crippen LogP contribution in [0, 0.1) is 17.3 Å². The Morgan fingerprint density at radius 3 is 2.95 bits per heavy atom. The second-order valence-electron chi connectivity index (χ2n) is 7.54. The molecule has 3 fully saturated rings. The van der Waals surface area contributed by atoms with E-state index >= 15 is 0 Å². The number of methoxy groups -OCH3 is 1. The summed E-state index contributed by atoms with van der Waals surface area (Å²) in [6.07, 6.45) is 6.16. The molecule has 0 amide bonds. The summed E-state index contributed by atoms with van der Waals surface area (Å²) in [6.45, 7) is 8.25. The molecule has 0 bridgehead atoms. The van der Waals surface area contributed by atoms with E-state index in [1.54, 1.807) is 11.3 Å². The molecule has 4 nitrogen and oxygen atoms in total. The lowest BCUT2D eigenvalue weighted by Crippen LogP contribution is -2.36. The molecule has 0 radical (unpaired) electrons. The van der Waals surface area contributed by atoms with Gasteiger partial charge in [-0.15, -0.1) is 11.3 Å². The normalized spacial score (nSPS) is 33.2. The average Bonchev–Trinajstić information content (AvgIpc) is 2.90. The Labute approximate surface area is 137 Å². The zero-order valence-electron chi connectivity index (χ0n) is 13.5. The quantitative estimate of drug-likeness (QED) is 0.804. The zero-order valence-corrected chi connectivity index (χ0v) is 14.4. The van der Waals surface area contributed by atoms with E-state index in [0.29, 0.717) is 11.3 Å². The number of rotatable bonds is 6. The number of likely N-dealkylation sites (tertiary alicyclic amines) is 2. The molecule has 22 heavy (non-hydrogen) atoms. The number of hydrogen-bond acceptors (Lipinski definition) is 5. The van der Waals surface area contributed by atoms with Gasteiger partial charge in [-0.3, -0.25) is 4.90 Å². The molecular weight excluding hydrogens is 294 g/mol. The first-order chi connectivity index (χ1) is 10.8. The smallest absolute Gasteiger partial charge is 0.107 e. The lowest BCUT2D eigenvalue weighted by atomic mass is 9.78. The maximum atomic E-state index is 5.57. The summed E-state index contributed by atoms with van der Waals surface area (Å²) >= 11 is 1.78. The maximum absolute atomic E-state index is 5.57. The Bertz CT molecular complexity index is 490. The number of thiazole rings is 1. The highest BCUT2D eigenvalue weighted by atomic mass is 32.1. The molecule has 4 rings (SSSR count). The highest BCUT2D eigenvalue weighted by molar-refractivity contribution is 7.09. The lowest BCUT2D eigenvalue weighted by molar-refractivity contribution is 0.0959. The standard InChI is InChI=1S/C17H27N3OS/c1-21-11-15-9-20(8-14-2-3-14)13-17(15)4-6-19(12-17)10-16-18-5-7-22-16/h5,7,14-15H,2-4,6,8-13H2,1H3/t15-,17+/m1/s1. The van der Waals surface area contributed by atoms with E-state index in [-0.39, 0.29) is 0 Å². The Morgan fingerprint density at radius 1 is 1.36 bits per heavy atom. The van der Waals surface area contributed by atoms with Gasteiger partial charge in [0.2, 0.25) is 0 Å². The van der Waals surface area contributed by atoms with Crippen LogP contribution < -0.4 is 0 Å². The molecule has 1 aromatic rings. The van der Waals surface area contributed by atoms with E-state index in [0.717, 1.165) is 19.1 Å². The first-order valence-electron chi connectivity index (χ1n) is 8.59. The van der Waals surface area contributed by atoms with Gasteiger partial charge < -0.3 is 9.64 Å². The van der Waals surface area contributed by atoms with Crippen molar-refractivity contribution in [1.29, 1.82) is 0 Å². The van der Waals surface area contributed by atoms with Crippen LogP contribution >= 0.6 is 11.3 Å². The third kappa shape index (κ3) is 3.09. The van der Waals surface area contributed by atoms with Crippen molar-refractivity contribution in [2.45, 2.75) is 25.8 Å². The average molecular weight is 321 g/mol. The molecule has 0 N–H and O–H groups in total. The van der Waals surface area contributed by atoms with Gasteiger partial charge in [0.25, 0.3) is 0 Å². The summed E-state index contributed by atoms with van der Waals surface area (Å²) in [6, 6.07) is 0. The van der Waals surface area contributed by atoms with Gasteiger partial charge in [0.15, 0.2) is 0 Å². The van der Waals surface area contributed by atoms with Crippen LogP contribution in [-0.4, -0.2) is 61.2 Å². The predicted molar refractivity (Wildman–Crippen MR) is 89.0 cm³/mol. The van der Waals surface area contributed by atoms with E-state index in [2.05, 4.69) is 20.2 Å². The van der Waals surface area contributed by atoms with Crippen molar-refractivity contribution in [3.05, 3.63) is 16.6 Å². The Kier molecular flexibility index (Phi) is 4.24. The largest absolute Gasteiger partial charge is 0.384 e. The summed E-state index contributed by atoms with van der Waals surface area (Å²) < 4.78 is 5.57. The van der Waals surface area contributed by atoms with Gasteiger partial charge in [0, 0.05) is 56.2 Å². The molecule has 122 valence electrons. The molecule has 0 unspecified atom stereocenters. The third-order valence-electron chi connectivity index (χ3n) is 5.77. The van der Waals surface area contributed by atoms with Gasteiger partial charge in [-0.1, -0.05) is 0 Å². The highest BCUT2D eigenvalue weighted by Gasteiger charge is 2.50. The van der Waals surface area contributed by atoms with Crippen molar-refractivity contribution in [2.24, 2.45) is 17.3 Å². The number of aromatic nitrogens is 1. The van der Waals surface area contributed by atoms with Crippen LogP contribution in [0.5, 0.6) is 0 Å². The molecule has 1 spiro atoms. The fourth-order valence-electron chi connectivity index (χ4n) is 4.48. The monoisotopic (exact) mass is 321 g/mol. The number of ether oxygens (including phenoxy) is 1. The van der Waals surface area contributed by atoms with Gasteiger partial charge in [-0.25, -0.2) is 4.98 Å². The molecule has 1 aromatic heterocycles. The zero-order chi connectivity index (χ0) is 15.0. The topological polar surface area (TPSA) is 28.6 Å². The van der Waals surface area contributed by atoms with Gasteiger partial charge in [-0.2, -0.15) is 0 Å². The van der Waals surface area contributed by atoms with E-state index in [1.165, 1.54) is 57.0 Å². The first kappa shape index (κ1) is 15.1. The minimum absolute atomic E-state index is 0.460. The lowest BCUT2D eigenvalue weighted by Gasteiger charge is -2.30. The number of hydrogen-bond donors (Lipinski definition) is 0. The van der Waals surface area contributed by atoms with E-state index in [4.69, 9.17) is 4.74 Å². The molecular formula is C17H27N3OS. The molecule has 1 aliphatic carbocycles. The van der Waals surface area contributed by atoms with Crippen LogP contribution in [0.1, 0.15) is 24.3 Å². The summed E-state index contributed by atoms with van der Waals surface area (Å²) in [5, 5.41) is 3.34. The Balaban J connectivity index is 1.41. The Morgan fingerprint density at radius 2 is 2.23 bits per heavy atom. The molecule has 3 heterocycles. The van der Waals surface area contributed by atoms with Crippen LogP contribution in [0.3, 0.4) is 0 Å². The van der Waals surface area contributed by atoms with Crippen LogP contribution in [0.2, 0.25) is 0 Å². The molecule has 2 saturated heterocycles. The fourth-order valence-corrected chi connectivity index (χ4v) is 5.14. The second kappa shape index (κ2) is 6.19. The van der Waals surface area contributed by atoms with Crippen molar-refractivity contribution in [3.8, 4) is 0 Å². The second-order valence-corrected chi connectivity index (χ2v) is 8.52. The molecule has 2 atom stereocenters. The Hall–Kier alpha value is -0.490. The van der Waals surface area contributed by atoms with Gasteiger partial charge in [0.05, 0.1) is 13.2 Å². The molecule has 5 heteroatoms. The molecule has 3 aliphatic rings. The molecule has 0 aromatic carbocycles. The first-order valence-corrected chi connectivity index (χ1v) is 9.47. The molecule has 2 aliphatic heterocycles. The summed E-state index contributed by atoms with van der Waals surface area (Å²) in [5.74, 6) is 1.70. The van der Waals surface area contributed by atoms with Crippen LogP contribution in [0.25, 0.3) is 0 Å². The predicted octanol–water partition coefficient (Wildman–Crippen LogP) is 2.32. The van der Waals surface area contributed by atoms with Crippen molar-refractivity contribution < 1.29 is 4.74 Å². The van der Waals surface area contributed by atoms with Gasteiger partial charge >= 0.3 is 0 Å². The van der Waals surface area contributed by atoms with Crippen LogP contribution in [0.15, 0.2) is 11.6 Å². The van der Waals surface area contributed by atoms with Crippen LogP contribution in [-0.2, 0) is 11.3 Å². The maximum Gasteiger partial charge on any atom is 0.107 e. The summed E-state index contributed by atoms with van der Waals surface area (Å²) in [7, 11) is 1.86. The molecule has 1 saturated carbocycles. The third-order valence-corrected chi connectivity index (χ3v) is 6.54. The number of nitrogens with zero attached hydrogens (tertiary/aromatic N) is 3. The van der Waals surface area contributed by atoms with Gasteiger partial charge in [0.1, 0.15) is 5.01 Å². The van der Waals surface area contributed by atoms with E-state index < -0.39 is 0 Å². The summed E-state index contributed by atoms with van der Waals surface area (Å²) in [5.41, 5.74) is 0.460. The van der Waals surface area contributed by atoms with Gasteiger partial charge in [-0.05, 0) is 31.7 Å². The van der Waals surface area contributed by atoms with Crippen molar-refractivity contribution in [2.75, 3.05) is 46.4 Å². The fraction of sp³-hybridized carbons (Fsp3) is 0.824. The highest BCUT2D eigenvalue weighted by Crippen LogP contribution is 2.45. The van der Waals surface area contributed by atoms with Crippen molar-refractivity contribution in [1.82, 2.24) is 14.8 Å². The van der Waals surface area contributed by atoms with E-state index in [1.807, 2.05) is 13.3 Å². The van der Waals surface area contributed by atoms with Crippen LogP contribution in [0.4, 0.5) is 0 Å². The SMILES string of the molecule is COC[C@H]1CN(CC2CC2)C[C@@]12CCN(Cc1nccs1)C2. The van der Waals surface area contributed by atoms with Crippen molar-refractivity contribution >= 4 is 11.3 Å². The van der Waals surface area contributed by atoms with E-state index in [9.17, 15) is 0 Å². The minimum Gasteiger partial charge on any atom is -0.384 e.